The monoisotopic (exact) mass is 318 g/mol. The molecule has 124 valence electrons. The van der Waals surface area contributed by atoms with Gasteiger partial charge in [-0.3, -0.25) is 4.90 Å². The highest BCUT2D eigenvalue weighted by atomic mass is 19.1. The first-order chi connectivity index (χ1) is 11.0. The van der Waals surface area contributed by atoms with Gasteiger partial charge in [0.25, 0.3) is 0 Å². The Morgan fingerprint density at radius 2 is 2.09 bits per heavy atom. The van der Waals surface area contributed by atoms with Gasteiger partial charge in [-0.05, 0) is 55.0 Å². The van der Waals surface area contributed by atoms with Crippen molar-refractivity contribution in [2.75, 3.05) is 33.8 Å². The van der Waals surface area contributed by atoms with Crippen molar-refractivity contribution in [2.24, 2.45) is 5.41 Å². The summed E-state index contributed by atoms with van der Waals surface area (Å²) in [5, 5.41) is 0. The van der Waals surface area contributed by atoms with Crippen LogP contribution < -0.4 is 0 Å². The lowest BCUT2D eigenvalue weighted by molar-refractivity contribution is -0.101. The summed E-state index contributed by atoms with van der Waals surface area (Å²) in [5.41, 5.74) is 2.59. The number of carbonyl (C=O) groups is 1. The molecular weight excluding hydrogens is 295 g/mol. The fourth-order valence-electron chi connectivity index (χ4n) is 4.77. The van der Waals surface area contributed by atoms with E-state index in [1.807, 2.05) is 6.07 Å². The minimum absolute atomic E-state index is 0.270. The number of ether oxygens (including phenoxy) is 1. The van der Waals surface area contributed by atoms with Gasteiger partial charge in [0.2, 0.25) is 0 Å². The van der Waals surface area contributed by atoms with E-state index >= 15 is 0 Å². The van der Waals surface area contributed by atoms with Crippen LogP contribution in [0, 0.1) is 11.2 Å². The second kappa shape index (κ2) is 5.28. The van der Waals surface area contributed by atoms with Crippen molar-refractivity contribution in [1.29, 1.82) is 0 Å². The standard InChI is InChI=1S/C18H23FN2O2/c1-20-10-18(11-20)7-14(8-18)21-4-3-15-13(9-21)5-12(6-16(15)19)17(22)23-2/h5-6,14H,3-4,7-11H2,1-2H3. The number of likely N-dealkylation sites (tertiary alicyclic amines) is 1. The minimum Gasteiger partial charge on any atom is -0.465 e. The average Bonchev–Trinajstić information content (AvgIpc) is 2.47. The van der Waals surface area contributed by atoms with Crippen LogP contribution in [0.1, 0.15) is 34.3 Å². The normalized spacial score (nSPS) is 24.0. The molecule has 1 saturated carbocycles. The maximum Gasteiger partial charge on any atom is 0.337 e. The SMILES string of the molecule is COC(=O)c1cc(F)c2c(c1)CN(C1CC3(C1)CN(C)C3)CC2. The number of hydrogen-bond acceptors (Lipinski definition) is 4. The van der Waals surface area contributed by atoms with Gasteiger partial charge in [0.15, 0.2) is 0 Å². The third-order valence-electron chi connectivity index (χ3n) is 5.80. The molecule has 2 aliphatic heterocycles. The van der Waals surface area contributed by atoms with Crippen LogP contribution in [0.4, 0.5) is 4.39 Å². The molecule has 3 aliphatic rings. The van der Waals surface area contributed by atoms with E-state index in [2.05, 4.69) is 16.8 Å². The summed E-state index contributed by atoms with van der Waals surface area (Å²) in [7, 11) is 3.50. The summed E-state index contributed by atoms with van der Waals surface area (Å²) in [6.07, 6.45) is 3.24. The zero-order chi connectivity index (χ0) is 16.2. The van der Waals surface area contributed by atoms with Crippen LogP contribution in [0.25, 0.3) is 0 Å². The number of hydrogen-bond donors (Lipinski definition) is 0. The van der Waals surface area contributed by atoms with Gasteiger partial charge in [0.05, 0.1) is 12.7 Å². The molecule has 2 fully saturated rings. The Morgan fingerprint density at radius 3 is 2.74 bits per heavy atom. The van der Waals surface area contributed by atoms with Crippen LogP contribution in [0.15, 0.2) is 12.1 Å². The van der Waals surface area contributed by atoms with Crippen LogP contribution in [-0.2, 0) is 17.7 Å². The first kappa shape index (κ1) is 15.1. The zero-order valence-corrected chi connectivity index (χ0v) is 13.8. The maximum atomic E-state index is 14.3. The second-order valence-electron chi connectivity index (χ2n) is 7.54. The molecule has 1 spiro atoms. The zero-order valence-electron chi connectivity index (χ0n) is 13.8. The highest BCUT2D eigenvalue weighted by molar-refractivity contribution is 5.89. The molecular formula is C18H23FN2O2. The first-order valence-electron chi connectivity index (χ1n) is 8.32. The Kier molecular flexibility index (Phi) is 3.46. The van der Waals surface area contributed by atoms with Gasteiger partial charge >= 0.3 is 5.97 Å². The van der Waals surface area contributed by atoms with E-state index in [1.165, 1.54) is 39.1 Å². The van der Waals surface area contributed by atoms with Gasteiger partial charge in [0, 0.05) is 32.2 Å². The van der Waals surface area contributed by atoms with E-state index < -0.39 is 5.97 Å². The van der Waals surface area contributed by atoms with Crippen molar-refractivity contribution in [3.8, 4) is 0 Å². The van der Waals surface area contributed by atoms with Crippen molar-refractivity contribution < 1.29 is 13.9 Å². The minimum atomic E-state index is -0.469. The van der Waals surface area contributed by atoms with Crippen molar-refractivity contribution >= 4 is 5.97 Å². The van der Waals surface area contributed by atoms with Crippen molar-refractivity contribution in [3.63, 3.8) is 0 Å². The molecule has 1 aromatic carbocycles. The average molecular weight is 318 g/mol. The predicted octanol–water partition coefficient (Wildman–Crippen LogP) is 2.06. The molecule has 1 aromatic rings. The Bertz CT molecular complexity index is 647. The molecule has 5 heteroatoms. The van der Waals surface area contributed by atoms with Crippen LogP contribution in [0.5, 0.6) is 0 Å². The third kappa shape index (κ3) is 2.46. The molecule has 0 atom stereocenters. The molecule has 0 radical (unpaired) electrons. The highest BCUT2D eigenvalue weighted by Crippen LogP contribution is 2.50. The number of benzene rings is 1. The Balaban J connectivity index is 1.48. The summed E-state index contributed by atoms with van der Waals surface area (Å²) < 4.78 is 19.0. The first-order valence-corrected chi connectivity index (χ1v) is 8.32. The quantitative estimate of drug-likeness (QED) is 0.782. The van der Waals surface area contributed by atoms with Gasteiger partial charge in [-0.2, -0.15) is 0 Å². The second-order valence-corrected chi connectivity index (χ2v) is 7.54. The predicted molar refractivity (Wildman–Crippen MR) is 84.8 cm³/mol. The third-order valence-corrected chi connectivity index (χ3v) is 5.80. The number of rotatable bonds is 2. The van der Waals surface area contributed by atoms with Crippen LogP contribution in [0.3, 0.4) is 0 Å². The lowest BCUT2D eigenvalue weighted by atomic mass is 9.60. The van der Waals surface area contributed by atoms with Crippen molar-refractivity contribution in [3.05, 3.63) is 34.6 Å². The number of halogens is 1. The van der Waals surface area contributed by atoms with E-state index in [1.54, 1.807) is 0 Å². The molecule has 2 heterocycles. The van der Waals surface area contributed by atoms with Crippen molar-refractivity contribution in [1.82, 2.24) is 9.80 Å². The summed E-state index contributed by atoms with van der Waals surface area (Å²) in [6, 6.07) is 3.73. The van der Waals surface area contributed by atoms with Gasteiger partial charge in [-0.15, -0.1) is 0 Å². The highest BCUT2D eigenvalue weighted by Gasteiger charge is 2.52. The summed E-state index contributed by atoms with van der Waals surface area (Å²) in [6.45, 7) is 4.09. The van der Waals surface area contributed by atoms with E-state index in [0.717, 1.165) is 30.6 Å². The lowest BCUT2D eigenvalue weighted by Crippen LogP contribution is -2.65. The number of carbonyl (C=O) groups excluding carboxylic acids is 1. The molecule has 4 nitrogen and oxygen atoms in total. The Hall–Kier alpha value is -1.46. The molecule has 0 bridgehead atoms. The fourth-order valence-corrected chi connectivity index (χ4v) is 4.77. The summed E-state index contributed by atoms with van der Waals surface area (Å²) in [4.78, 5) is 16.5. The van der Waals surface area contributed by atoms with Crippen LogP contribution in [-0.4, -0.2) is 55.6 Å². The largest absolute Gasteiger partial charge is 0.465 e. The van der Waals surface area contributed by atoms with E-state index in [0.29, 0.717) is 17.0 Å². The van der Waals surface area contributed by atoms with E-state index in [-0.39, 0.29) is 5.82 Å². The molecule has 0 unspecified atom stereocenters. The Morgan fingerprint density at radius 1 is 1.35 bits per heavy atom. The van der Waals surface area contributed by atoms with Gasteiger partial charge in [-0.1, -0.05) is 0 Å². The van der Waals surface area contributed by atoms with Gasteiger partial charge in [-0.25, -0.2) is 9.18 Å². The molecule has 0 aromatic heterocycles. The number of methoxy groups -OCH3 is 1. The Labute approximate surface area is 136 Å². The molecule has 1 saturated heterocycles. The molecule has 1 aliphatic carbocycles. The van der Waals surface area contributed by atoms with Gasteiger partial charge < -0.3 is 9.64 Å². The van der Waals surface area contributed by atoms with Gasteiger partial charge in [0.1, 0.15) is 5.82 Å². The molecule has 0 amide bonds. The number of nitrogens with zero attached hydrogens (tertiary/aromatic N) is 2. The molecule has 23 heavy (non-hydrogen) atoms. The van der Waals surface area contributed by atoms with E-state index in [9.17, 15) is 9.18 Å². The number of esters is 1. The van der Waals surface area contributed by atoms with E-state index in [4.69, 9.17) is 4.74 Å². The summed E-state index contributed by atoms with van der Waals surface area (Å²) >= 11 is 0. The smallest absolute Gasteiger partial charge is 0.337 e. The molecule has 0 N–H and O–H groups in total. The molecule has 4 rings (SSSR count). The maximum absolute atomic E-state index is 14.3. The van der Waals surface area contributed by atoms with Crippen molar-refractivity contribution in [2.45, 2.75) is 31.8 Å². The fraction of sp³-hybridized carbons (Fsp3) is 0.611. The van der Waals surface area contributed by atoms with Crippen LogP contribution in [0.2, 0.25) is 0 Å². The van der Waals surface area contributed by atoms with Crippen LogP contribution >= 0.6 is 0 Å². The lowest BCUT2D eigenvalue weighted by Gasteiger charge is -2.61. The number of fused-ring (bicyclic) bond motifs is 1. The summed E-state index contributed by atoms with van der Waals surface area (Å²) in [5.74, 6) is -0.739. The topological polar surface area (TPSA) is 32.8 Å².